The monoisotopic (exact) mass is 210 g/mol. The molecule has 15 heavy (non-hydrogen) atoms. The number of hydrogen-bond donors (Lipinski definition) is 1. The minimum atomic E-state index is -0.403. The molecule has 0 aromatic carbocycles. The van der Waals surface area contributed by atoms with Crippen LogP contribution in [0.5, 0.6) is 0 Å². The maximum atomic E-state index is 11.9. The van der Waals surface area contributed by atoms with Crippen LogP contribution in [0.4, 0.5) is 0 Å². The average Bonchev–Trinajstić information content (AvgIpc) is 2.64. The van der Waals surface area contributed by atoms with Crippen molar-refractivity contribution in [3.63, 3.8) is 0 Å². The third-order valence-corrected chi connectivity index (χ3v) is 2.51. The Morgan fingerprint density at radius 1 is 1.67 bits per heavy atom. The molecular formula is C9H14N4O2. The summed E-state index contributed by atoms with van der Waals surface area (Å²) in [6.45, 7) is 1.09. The molecule has 2 rings (SSSR count). The Labute approximate surface area is 87.5 Å². The SMILES string of the molecule is Cn1cc(C(=O)N2CCC[C@H](O)C2)nn1. The van der Waals surface area contributed by atoms with Crippen molar-refractivity contribution in [3.05, 3.63) is 11.9 Å². The van der Waals surface area contributed by atoms with Crippen LogP contribution in [0.1, 0.15) is 23.3 Å². The van der Waals surface area contributed by atoms with Crippen LogP contribution in [0.2, 0.25) is 0 Å². The molecule has 0 aliphatic carbocycles. The molecule has 6 nitrogen and oxygen atoms in total. The van der Waals surface area contributed by atoms with E-state index in [1.807, 2.05) is 0 Å². The Morgan fingerprint density at radius 2 is 2.47 bits per heavy atom. The van der Waals surface area contributed by atoms with Gasteiger partial charge in [0.15, 0.2) is 5.69 Å². The molecule has 0 bridgehead atoms. The predicted octanol–water partition coefficient (Wildman–Crippen LogP) is -0.588. The smallest absolute Gasteiger partial charge is 0.276 e. The number of carbonyl (C=O) groups is 1. The second-order valence-corrected chi connectivity index (χ2v) is 3.82. The van der Waals surface area contributed by atoms with Crippen LogP contribution in [0, 0.1) is 0 Å². The minimum absolute atomic E-state index is 0.151. The molecule has 2 heterocycles. The van der Waals surface area contributed by atoms with Gasteiger partial charge in [0.1, 0.15) is 0 Å². The number of nitrogens with zero attached hydrogens (tertiary/aromatic N) is 4. The molecule has 1 aliphatic heterocycles. The molecule has 6 heteroatoms. The van der Waals surface area contributed by atoms with Gasteiger partial charge < -0.3 is 10.0 Å². The minimum Gasteiger partial charge on any atom is -0.391 e. The summed E-state index contributed by atoms with van der Waals surface area (Å²) >= 11 is 0. The van der Waals surface area contributed by atoms with Crippen molar-refractivity contribution in [2.24, 2.45) is 7.05 Å². The number of aromatic nitrogens is 3. The zero-order valence-corrected chi connectivity index (χ0v) is 8.63. The summed E-state index contributed by atoms with van der Waals surface area (Å²) in [5, 5.41) is 16.9. The fourth-order valence-electron chi connectivity index (χ4n) is 1.75. The Balaban J connectivity index is 2.07. The number of aliphatic hydroxyl groups excluding tert-OH is 1. The lowest BCUT2D eigenvalue weighted by Gasteiger charge is -2.29. The molecule has 0 spiro atoms. The summed E-state index contributed by atoms with van der Waals surface area (Å²) in [7, 11) is 1.72. The van der Waals surface area contributed by atoms with E-state index in [4.69, 9.17) is 0 Å². The number of rotatable bonds is 1. The van der Waals surface area contributed by atoms with Gasteiger partial charge in [-0.1, -0.05) is 5.21 Å². The van der Waals surface area contributed by atoms with E-state index in [1.54, 1.807) is 18.1 Å². The van der Waals surface area contributed by atoms with E-state index < -0.39 is 6.10 Å². The highest BCUT2D eigenvalue weighted by molar-refractivity contribution is 5.92. The molecule has 1 fully saturated rings. The van der Waals surface area contributed by atoms with Crippen molar-refractivity contribution in [1.29, 1.82) is 0 Å². The van der Waals surface area contributed by atoms with Crippen LogP contribution < -0.4 is 0 Å². The zero-order valence-electron chi connectivity index (χ0n) is 8.63. The molecule has 1 aromatic heterocycles. The zero-order chi connectivity index (χ0) is 10.8. The van der Waals surface area contributed by atoms with E-state index in [-0.39, 0.29) is 5.91 Å². The van der Waals surface area contributed by atoms with E-state index in [2.05, 4.69) is 10.3 Å². The summed E-state index contributed by atoms with van der Waals surface area (Å²) < 4.78 is 1.49. The summed E-state index contributed by atoms with van der Waals surface area (Å²) in [4.78, 5) is 13.5. The summed E-state index contributed by atoms with van der Waals surface area (Å²) in [6.07, 6.45) is 2.79. The van der Waals surface area contributed by atoms with Crippen molar-refractivity contribution in [1.82, 2.24) is 19.9 Å². The number of likely N-dealkylation sites (tertiary alicyclic amines) is 1. The second kappa shape index (κ2) is 3.98. The lowest BCUT2D eigenvalue weighted by Crippen LogP contribution is -2.42. The Hall–Kier alpha value is -1.43. The molecule has 1 N–H and O–H groups in total. The van der Waals surface area contributed by atoms with Crippen LogP contribution in [0.15, 0.2) is 6.20 Å². The van der Waals surface area contributed by atoms with Crippen LogP contribution in [0.25, 0.3) is 0 Å². The highest BCUT2D eigenvalue weighted by Gasteiger charge is 2.24. The standard InChI is InChI=1S/C9H14N4O2/c1-12-6-8(10-11-12)9(15)13-4-2-3-7(14)5-13/h6-7,14H,2-5H2,1H3/t7-/m0/s1. The first-order chi connectivity index (χ1) is 7.16. The van der Waals surface area contributed by atoms with Crippen molar-refractivity contribution in [2.45, 2.75) is 18.9 Å². The molecule has 1 atom stereocenters. The topological polar surface area (TPSA) is 71.2 Å². The number of β-amino-alcohol motifs (C(OH)–C–C–N with tert-alkyl or cyclic N) is 1. The molecule has 0 unspecified atom stereocenters. The maximum Gasteiger partial charge on any atom is 0.276 e. The van der Waals surface area contributed by atoms with Gasteiger partial charge in [0.25, 0.3) is 5.91 Å². The Kier molecular flexibility index (Phi) is 2.68. The van der Waals surface area contributed by atoms with Gasteiger partial charge in [-0.2, -0.15) is 0 Å². The number of aryl methyl sites for hydroxylation is 1. The molecule has 1 aromatic rings. The summed E-state index contributed by atoms with van der Waals surface area (Å²) in [5.74, 6) is -0.151. The number of amides is 1. The van der Waals surface area contributed by atoms with Gasteiger partial charge in [-0.3, -0.25) is 9.48 Å². The van der Waals surface area contributed by atoms with E-state index in [1.165, 1.54) is 4.68 Å². The second-order valence-electron chi connectivity index (χ2n) is 3.82. The van der Waals surface area contributed by atoms with Crippen molar-refractivity contribution < 1.29 is 9.90 Å². The summed E-state index contributed by atoms with van der Waals surface area (Å²) in [6, 6.07) is 0. The molecule has 1 aliphatic rings. The van der Waals surface area contributed by atoms with Gasteiger partial charge in [0, 0.05) is 20.1 Å². The highest BCUT2D eigenvalue weighted by atomic mass is 16.3. The van der Waals surface area contributed by atoms with Crippen LogP contribution >= 0.6 is 0 Å². The first-order valence-electron chi connectivity index (χ1n) is 5.00. The van der Waals surface area contributed by atoms with Gasteiger partial charge in [0.05, 0.1) is 12.3 Å². The van der Waals surface area contributed by atoms with Crippen LogP contribution in [-0.2, 0) is 7.05 Å². The molecule has 82 valence electrons. The third kappa shape index (κ3) is 2.15. The molecular weight excluding hydrogens is 196 g/mol. The normalized spacial score (nSPS) is 21.7. The number of piperidine rings is 1. The van der Waals surface area contributed by atoms with Crippen molar-refractivity contribution in [2.75, 3.05) is 13.1 Å². The lowest BCUT2D eigenvalue weighted by molar-refractivity contribution is 0.0469. The molecule has 0 saturated carbocycles. The average molecular weight is 210 g/mol. The number of carbonyl (C=O) groups excluding carboxylic acids is 1. The van der Waals surface area contributed by atoms with Gasteiger partial charge in [-0.05, 0) is 12.8 Å². The fraction of sp³-hybridized carbons (Fsp3) is 0.667. The molecule has 1 amide bonds. The lowest BCUT2D eigenvalue weighted by atomic mass is 10.1. The van der Waals surface area contributed by atoms with Gasteiger partial charge in [-0.15, -0.1) is 5.10 Å². The summed E-state index contributed by atoms with van der Waals surface area (Å²) in [5.41, 5.74) is 0.339. The highest BCUT2D eigenvalue weighted by Crippen LogP contribution is 2.12. The van der Waals surface area contributed by atoms with E-state index in [0.29, 0.717) is 18.8 Å². The van der Waals surface area contributed by atoms with Gasteiger partial charge in [-0.25, -0.2) is 0 Å². The largest absolute Gasteiger partial charge is 0.391 e. The maximum absolute atomic E-state index is 11.9. The number of aliphatic hydroxyl groups is 1. The third-order valence-electron chi connectivity index (χ3n) is 2.51. The van der Waals surface area contributed by atoms with E-state index in [9.17, 15) is 9.90 Å². The van der Waals surface area contributed by atoms with Gasteiger partial charge >= 0.3 is 0 Å². The first-order valence-corrected chi connectivity index (χ1v) is 5.00. The first kappa shape index (κ1) is 10.1. The van der Waals surface area contributed by atoms with Crippen LogP contribution in [0.3, 0.4) is 0 Å². The van der Waals surface area contributed by atoms with Gasteiger partial charge in [0.2, 0.25) is 0 Å². The van der Waals surface area contributed by atoms with Crippen molar-refractivity contribution >= 4 is 5.91 Å². The Morgan fingerprint density at radius 3 is 3.07 bits per heavy atom. The van der Waals surface area contributed by atoms with Crippen molar-refractivity contribution in [3.8, 4) is 0 Å². The number of hydrogen-bond acceptors (Lipinski definition) is 4. The fourth-order valence-corrected chi connectivity index (χ4v) is 1.75. The molecule has 0 radical (unpaired) electrons. The van der Waals surface area contributed by atoms with Crippen LogP contribution in [-0.4, -0.2) is 50.1 Å². The Bertz CT molecular complexity index is 363. The van der Waals surface area contributed by atoms with E-state index in [0.717, 1.165) is 12.8 Å². The van der Waals surface area contributed by atoms with E-state index >= 15 is 0 Å². The quantitative estimate of drug-likeness (QED) is 0.672. The molecule has 1 saturated heterocycles. The predicted molar refractivity (Wildman–Crippen MR) is 52.1 cm³/mol.